The SMILES string of the molecule is CCCOCCCn1c(CCl)nc2ccc(Br)cc21. The minimum Gasteiger partial charge on any atom is -0.381 e. The summed E-state index contributed by atoms with van der Waals surface area (Å²) in [6, 6.07) is 6.10. The van der Waals surface area contributed by atoms with Gasteiger partial charge in [0.05, 0.1) is 16.9 Å². The molecule has 0 saturated carbocycles. The van der Waals surface area contributed by atoms with E-state index in [4.69, 9.17) is 16.3 Å². The van der Waals surface area contributed by atoms with Crippen molar-refractivity contribution in [2.45, 2.75) is 32.2 Å². The molecule has 19 heavy (non-hydrogen) atoms. The Morgan fingerprint density at radius 3 is 2.95 bits per heavy atom. The van der Waals surface area contributed by atoms with Crippen LogP contribution in [-0.2, 0) is 17.2 Å². The second-order valence-electron chi connectivity index (χ2n) is 4.41. The Labute approximate surface area is 127 Å². The highest BCUT2D eigenvalue weighted by atomic mass is 79.9. The maximum Gasteiger partial charge on any atom is 0.124 e. The average molecular weight is 346 g/mol. The molecule has 0 aliphatic rings. The summed E-state index contributed by atoms with van der Waals surface area (Å²) in [4.78, 5) is 4.56. The quantitative estimate of drug-likeness (QED) is 0.551. The Kier molecular flexibility index (Phi) is 5.67. The molecule has 0 aliphatic carbocycles. The molecule has 0 bridgehead atoms. The van der Waals surface area contributed by atoms with Gasteiger partial charge in [0, 0.05) is 24.2 Å². The lowest BCUT2D eigenvalue weighted by atomic mass is 10.3. The summed E-state index contributed by atoms with van der Waals surface area (Å²) >= 11 is 9.48. The fourth-order valence-corrected chi connectivity index (χ4v) is 2.62. The van der Waals surface area contributed by atoms with E-state index < -0.39 is 0 Å². The molecule has 1 heterocycles. The van der Waals surface area contributed by atoms with Crippen LogP contribution in [0.1, 0.15) is 25.6 Å². The Hall–Kier alpha value is -0.580. The molecule has 0 saturated heterocycles. The third-order valence-electron chi connectivity index (χ3n) is 2.93. The first-order valence-corrected chi connectivity index (χ1v) is 7.87. The molecule has 0 atom stereocenters. The number of aryl methyl sites for hydroxylation is 1. The smallest absolute Gasteiger partial charge is 0.124 e. The Morgan fingerprint density at radius 2 is 2.21 bits per heavy atom. The first-order valence-electron chi connectivity index (χ1n) is 6.54. The molecule has 3 nitrogen and oxygen atoms in total. The number of alkyl halides is 1. The van der Waals surface area contributed by atoms with Crippen LogP contribution < -0.4 is 0 Å². The van der Waals surface area contributed by atoms with Gasteiger partial charge in [0.2, 0.25) is 0 Å². The van der Waals surface area contributed by atoms with Crippen LogP contribution in [0.4, 0.5) is 0 Å². The van der Waals surface area contributed by atoms with Crippen LogP contribution in [-0.4, -0.2) is 22.8 Å². The van der Waals surface area contributed by atoms with Gasteiger partial charge in [-0.25, -0.2) is 4.98 Å². The number of hydrogen-bond acceptors (Lipinski definition) is 2. The number of fused-ring (bicyclic) bond motifs is 1. The summed E-state index contributed by atoms with van der Waals surface area (Å²) in [6.45, 7) is 4.62. The molecule has 0 unspecified atom stereocenters. The lowest BCUT2D eigenvalue weighted by molar-refractivity contribution is 0.129. The van der Waals surface area contributed by atoms with Gasteiger partial charge in [-0.15, -0.1) is 11.6 Å². The third kappa shape index (κ3) is 3.71. The molecule has 2 rings (SSSR count). The van der Waals surface area contributed by atoms with Crippen molar-refractivity contribution >= 4 is 38.6 Å². The summed E-state index contributed by atoms with van der Waals surface area (Å²) in [5.41, 5.74) is 2.12. The molecule has 0 radical (unpaired) electrons. The van der Waals surface area contributed by atoms with Gasteiger partial charge in [-0.3, -0.25) is 0 Å². The van der Waals surface area contributed by atoms with Gasteiger partial charge in [0.1, 0.15) is 5.82 Å². The van der Waals surface area contributed by atoms with E-state index in [9.17, 15) is 0 Å². The van der Waals surface area contributed by atoms with E-state index in [1.807, 2.05) is 12.1 Å². The fourth-order valence-electron chi connectivity index (χ4n) is 2.07. The van der Waals surface area contributed by atoms with Gasteiger partial charge in [0.25, 0.3) is 0 Å². The number of imidazole rings is 1. The van der Waals surface area contributed by atoms with Crippen LogP contribution in [0.25, 0.3) is 11.0 Å². The summed E-state index contributed by atoms with van der Waals surface area (Å²) < 4.78 is 8.76. The highest BCUT2D eigenvalue weighted by Gasteiger charge is 2.09. The van der Waals surface area contributed by atoms with E-state index in [2.05, 4.69) is 38.5 Å². The monoisotopic (exact) mass is 344 g/mol. The van der Waals surface area contributed by atoms with Crippen molar-refractivity contribution < 1.29 is 4.74 Å². The van der Waals surface area contributed by atoms with Gasteiger partial charge in [0.15, 0.2) is 0 Å². The van der Waals surface area contributed by atoms with Crippen LogP contribution in [0, 0.1) is 0 Å². The third-order valence-corrected chi connectivity index (χ3v) is 3.66. The van der Waals surface area contributed by atoms with Crippen molar-refractivity contribution in [2.24, 2.45) is 0 Å². The van der Waals surface area contributed by atoms with E-state index in [-0.39, 0.29) is 0 Å². The average Bonchev–Trinajstić information content (AvgIpc) is 2.76. The van der Waals surface area contributed by atoms with Crippen molar-refractivity contribution in [3.63, 3.8) is 0 Å². The van der Waals surface area contributed by atoms with Crippen molar-refractivity contribution in [2.75, 3.05) is 13.2 Å². The number of benzene rings is 1. The zero-order valence-electron chi connectivity index (χ0n) is 11.0. The lowest BCUT2D eigenvalue weighted by Gasteiger charge is -2.08. The standard InChI is InChI=1S/C14H18BrClN2O/c1-2-7-19-8-3-6-18-13-9-11(15)4-5-12(13)17-14(18)10-16/h4-5,9H,2-3,6-8,10H2,1H3. The van der Waals surface area contributed by atoms with Crippen LogP contribution in [0.15, 0.2) is 22.7 Å². The molecule has 0 fully saturated rings. The molecule has 104 valence electrons. The number of rotatable bonds is 7. The van der Waals surface area contributed by atoms with E-state index in [1.165, 1.54) is 0 Å². The Morgan fingerprint density at radius 1 is 1.37 bits per heavy atom. The van der Waals surface area contributed by atoms with Crippen LogP contribution >= 0.6 is 27.5 Å². The fraction of sp³-hybridized carbons (Fsp3) is 0.500. The highest BCUT2D eigenvalue weighted by molar-refractivity contribution is 9.10. The van der Waals surface area contributed by atoms with Crippen LogP contribution in [0.2, 0.25) is 0 Å². The maximum absolute atomic E-state index is 5.98. The van der Waals surface area contributed by atoms with Crippen molar-refractivity contribution in [3.05, 3.63) is 28.5 Å². The summed E-state index contributed by atoms with van der Waals surface area (Å²) in [7, 11) is 0. The van der Waals surface area contributed by atoms with Crippen LogP contribution in [0.5, 0.6) is 0 Å². The van der Waals surface area contributed by atoms with Gasteiger partial charge in [-0.05, 0) is 31.0 Å². The first-order chi connectivity index (χ1) is 9.26. The summed E-state index contributed by atoms with van der Waals surface area (Å²) in [5, 5.41) is 0. The summed E-state index contributed by atoms with van der Waals surface area (Å²) in [5.74, 6) is 1.35. The Bertz CT molecular complexity index is 541. The molecule has 0 N–H and O–H groups in total. The van der Waals surface area contributed by atoms with Crippen molar-refractivity contribution in [1.29, 1.82) is 0 Å². The van der Waals surface area contributed by atoms with Gasteiger partial charge < -0.3 is 9.30 Å². The topological polar surface area (TPSA) is 27.1 Å². The molecule has 5 heteroatoms. The number of nitrogens with zero attached hydrogens (tertiary/aromatic N) is 2. The number of aromatic nitrogens is 2. The largest absolute Gasteiger partial charge is 0.381 e. The molecule has 1 aromatic carbocycles. The van der Waals surface area contributed by atoms with E-state index >= 15 is 0 Å². The predicted octanol–water partition coefficient (Wildman–Crippen LogP) is 4.35. The molecular formula is C14H18BrClN2O. The van der Waals surface area contributed by atoms with Gasteiger partial charge in [-0.2, -0.15) is 0 Å². The van der Waals surface area contributed by atoms with Gasteiger partial charge >= 0.3 is 0 Å². The second kappa shape index (κ2) is 7.27. The lowest BCUT2D eigenvalue weighted by Crippen LogP contribution is -2.06. The minimum atomic E-state index is 0.433. The zero-order valence-corrected chi connectivity index (χ0v) is 13.4. The molecule has 1 aromatic heterocycles. The minimum absolute atomic E-state index is 0.433. The van der Waals surface area contributed by atoms with E-state index in [0.717, 1.165) is 53.9 Å². The summed E-state index contributed by atoms with van der Waals surface area (Å²) in [6.07, 6.45) is 2.04. The van der Waals surface area contributed by atoms with E-state index in [1.54, 1.807) is 0 Å². The molecular weight excluding hydrogens is 328 g/mol. The maximum atomic E-state index is 5.98. The second-order valence-corrected chi connectivity index (χ2v) is 5.60. The highest BCUT2D eigenvalue weighted by Crippen LogP contribution is 2.22. The van der Waals surface area contributed by atoms with Gasteiger partial charge in [-0.1, -0.05) is 22.9 Å². The first kappa shape index (κ1) is 14.8. The number of hydrogen-bond donors (Lipinski definition) is 0. The Balaban J connectivity index is 2.13. The predicted molar refractivity (Wildman–Crippen MR) is 82.7 cm³/mol. The van der Waals surface area contributed by atoms with Crippen molar-refractivity contribution in [1.82, 2.24) is 9.55 Å². The molecule has 2 aromatic rings. The van der Waals surface area contributed by atoms with Crippen LogP contribution in [0.3, 0.4) is 0 Å². The zero-order chi connectivity index (χ0) is 13.7. The molecule has 0 amide bonds. The number of ether oxygens (including phenoxy) is 1. The molecule has 0 aliphatic heterocycles. The van der Waals surface area contributed by atoms with E-state index in [0.29, 0.717) is 5.88 Å². The normalized spacial score (nSPS) is 11.3. The van der Waals surface area contributed by atoms with Crippen molar-refractivity contribution in [3.8, 4) is 0 Å². The number of halogens is 2. The molecule has 0 spiro atoms.